The molecule has 0 saturated carbocycles. The summed E-state index contributed by atoms with van der Waals surface area (Å²) < 4.78 is 0. The minimum absolute atomic E-state index is 0.0204. The van der Waals surface area contributed by atoms with Crippen molar-refractivity contribution in [2.75, 3.05) is 13.7 Å². The second-order valence-corrected chi connectivity index (χ2v) is 5.65. The highest BCUT2D eigenvalue weighted by molar-refractivity contribution is 5.22. The van der Waals surface area contributed by atoms with Gasteiger partial charge in [0.2, 0.25) is 0 Å². The minimum Gasteiger partial charge on any atom is -0.240 e. The molecular formula is C16H23NO2. The van der Waals surface area contributed by atoms with Gasteiger partial charge in [0.25, 0.3) is 0 Å². The van der Waals surface area contributed by atoms with Crippen LogP contribution in [-0.2, 0) is 9.78 Å². The van der Waals surface area contributed by atoms with Gasteiger partial charge in [-0.3, -0.25) is 0 Å². The molecule has 3 heteroatoms. The van der Waals surface area contributed by atoms with E-state index in [-0.39, 0.29) is 17.3 Å². The molecule has 2 atom stereocenters. The highest BCUT2D eigenvalue weighted by atomic mass is 17.2. The van der Waals surface area contributed by atoms with Crippen molar-refractivity contribution in [1.29, 1.82) is 5.26 Å². The summed E-state index contributed by atoms with van der Waals surface area (Å²) in [5, 5.41) is 9.07. The van der Waals surface area contributed by atoms with Crippen molar-refractivity contribution in [1.82, 2.24) is 0 Å². The lowest BCUT2D eigenvalue weighted by molar-refractivity contribution is -0.289. The van der Waals surface area contributed by atoms with Crippen molar-refractivity contribution in [3.05, 3.63) is 35.9 Å². The Labute approximate surface area is 116 Å². The van der Waals surface area contributed by atoms with Gasteiger partial charge in [0.05, 0.1) is 19.8 Å². The summed E-state index contributed by atoms with van der Waals surface area (Å²) in [6, 6.07) is 12.6. The van der Waals surface area contributed by atoms with Crippen LogP contribution in [0, 0.1) is 22.7 Å². The van der Waals surface area contributed by atoms with Crippen LogP contribution in [0.4, 0.5) is 0 Å². The van der Waals surface area contributed by atoms with Gasteiger partial charge in [-0.25, -0.2) is 9.78 Å². The summed E-state index contributed by atoms with van der Waals surface area (Å²) in [4.78, 5) is 9.86. The molecule has 19 heavy (non-hydrogen) atoms. The van der Waals surface area contributed by atoms with E-state index in [2.05, 4.69) is 32.0 Å². The number of nitriles is 1. The highest BCUT2D eigenvalue weighted by Crippen LogP contribution is 2.40. The number of hydrogen-bond acceptors (Lipinski definition) is 3. The third-order valence-electron chi connectivity index (χ3n) is 3.50. The van der Waals surface area contributed by atoms with E-state index in [1.807, 2.05) is 25.1 Å². The van der Waals surface area contributed by atoms with Crippen LogP contribution in [0.1, 0.15) is 38.7 Å². The van der Waals surface area contributed by atoms with E-state index >= 15 is 0 Å². The summed E-state index contributed by atoms with van der Waals surface area (Å²) in [7, 11) is 1.52. The Hall–Kier alpha value is -1.37. The molecule has 0 aliphatic carbocycles. The molecule has 0 bridgehead atoms. The molecular weight excluding hydrogens is 238 g/mol. The van der Waals surface area contributed by atoms with Crippen molar-refractivity contribution in [2.45, 2.75) is 33.1 Å². The molecule has 2 unspecified atom stereocenters. The van der Waals surface area contributed by atoms with Gasteiger partial charge in [0.1, 0.15) is 0 Å². The molecule has 0 fully saturated rings. The van der Waals surface area contributed by atoms with Crippen LogP contribution >= 0.6 is 0 Å². The van der Waals surface area contributed by atoms with Crippen LogP contribution in [0.5, 0.6) is 0 Å². The maximum Gasteiger partial charge on any atom is 0.0878 e. The largest absolute Gasteiger partial charge is 0.240 e. The van der Waals surface area contributed by atoms with Crippen LogP contribution < -0.4 is 0 Å². The lowest BCUT2D eigenvalue weighted by Gasteiger charge is -2.34. The van der Waals surface area contributed by atoms with Crippen LogP contribution in [0.25, 0.3) is 0 Å². The molecule has 0 saturated heterocycles. The fraction of sp³-hybridized carbons (Fsp3) is 0.562. The molecule has 104 valence electrons. The predicted octanol–water partition coefficient (Wildman–Crippen LogP) is 3.92. The van der Waals surface area contributed by atoms with E-state index in [1.165, 1.54) is 12.7 Å². The van der Waals surface area contributed by atoms with Gasteiger partial charge >= 0.3 is 0 Å². The van der Waals surface area contributed by atoms with E-state index in [0.29, 0.717) is 6.61 Å². The molecule has 0 heterocycles. The highest BCUT2D eigenvalue weighted by Gasteiger charge is 2.32. The van der Waals surface area contributed by atoms with Crippen LogP contribution in [0.15, 0.2) is 30.3 Å². The smallest absolute Gasteiger partial charge is 0.0878 e. The Morgan fingerprint density at radius 3 is 2.42 bits per heavy atom. The zero-order valence-electron chi connectivity index (χ0n) is 12.2. The number of hydrogen-bond donors (Lipinski definition) is 0. The third-order valence-corrected chi connectivity index (χ3v) is 3.50. The topological polar surface area (TPSA) is 42.2 Å². The van der Waals surface area contributed by atoms with Crippen LogP contribution in [0.3, 0.4) is 0 Å². The lowest BCUT2D eigenvalue weighted by Crippen LogP contribution is -2.29. The standard InChI is InChI=1S/C16H23NO2/c1-13(11-17)10-15(14-8-6-5-7-9-14)16(2,3)12-19-18-4/h5-9,13,15H,10,12H2,1-4H3. The van der Waals surface area contributed by atoms with Gasteiger partial charge in [0.15, 0.2) is 0 Å². The predicted molar refractivity (Wildman–Crippen MR) is 75.3 cm³/mol. The van der Waals surface area contributed by atoms with Gasteiger partial charge in [0, 0.05) is 5.92 Å². The van der Waals surface area contributed by atoms with E-state index in [9.17, 15) is 0 Å². The molecule has 0 aromatic heterocycles. The normalized spacial score (nSPS) is 14.7. The summed E-state index contributed by atoms with van der Waals surface area (Å²) in [5.74, 6) is 0.283. The first-order valence-corrected chi connectivity index (χ1v) is 6.61. The van der Waals surface area contributed by atoms with Gasteiger partial charge in [-0.2, -0.15) is 5.26 Å². The average molecular weight is 261 g/mol. The number of benzene rings is 1. The molecule has 0 radical (unpaired) electrons. The Bertz CT molecular complexity index is 409. The van der Waals surface area contributed by atoms with Crippen molar-refractivity contribution >= 4 is 0 Å². The van der Waals surface area contributed by atoms with Crippen molar-refractivity contribution in [3.8, 4) is 6.07 Å². The summed E-state index contributed by atoms with van der Waals surface area (Å²) in [6.45, 7) is 6.76. The molecule has 0 amide bonds. The van der Waals surface area contributed by atoms with Crippen molar-refractivity contribution < 1.29 is 9.78 Å². The van der Waals surface area contributed by atoms with E-state index in [4.69, 9.17) is 15.0 Å². The quantitative estimate of drug-likeness (QED) is 0.552. The zero-order chi connectivity index (χ0) is 14.3. The Balaban J connectivity index is 2.95. The fourth-order valence-electron chi connectivity index (χ4n) is 2.31. The molecule has 1 rings (SSSR count). The minimum atomic E-state index is -0.0948. The van der Waals surface area contributed by atoms with Crippen molar-refractivity contribution in [2.24, 2.45) is 11.3 Å². The number of rotatable bonds is 7. The second-order valence-electron chi connectivity index (χ2n) is 5.65. The molecule has 1 aromatic carbocycles. The Kier molecular flexibility index (Phi) is 6.01. The fourth-order valence-corrected chi connectivity index (χ4v) is 2.31. The molecule has 0 aliphatic rings. The van der Waals surface area contributed by atoms with E-state index in [1.54, 1.807) is 0 Å². The maximum atomic E-state index is 9.07. The third kappa shape index (κ3) is 4.66. The maximum absolute atomic E-state index is 9.07. The summed E-state index contributed by atoms with van der Waals surface area (Å²) >= 11 is 0. The van der Waals surface area contributed by atoms with Crippen LogP contribution in [-0.4, -0.2) is 13.7 Å². The van der Waals surface area contributed by atoms with Crippen LogP contribution in [0.2, 0.25) is 0 Å². The van der Waals surface area contributed by atoms with E-state index < -0.39 is 0 Å². The summed E-state index contributed by atoms with van der Waals surface area (Å²) in [6.07, 6.45) is 0.820. The Morgan fingerprint density at radius 2 is 1.89 bits per heavy atom. The number of nitrogens with zero attached hydrogens (tertiary/aromatic N) is 1. The first kappa shape index (κ1) is 15.7. The average Bonchev–Trinajstić information content (AvgIpc) is 2.43. The lowest BCUT2D eigenvalue weighted by atomic mass is 9.71. The van der Waals surface area contributed by atoms with Gasteiger partial charge in [-0.1, -0.05) is 44.2 Å². The molecule has 3 nitrogen and oxygen atoms in total. The Morgan fingerprint density at radius 1 is 1.26 bits per heavy atom. The van der Waals surface area contributed by atoms with Gasteiger partial charge < -0.3 is 0 Å². The van der Waals surface area contributed by atoms with E-state index in [0.717, 1.165) is 6.42 Å². The second kappa shape index (κ2) is 7.28. The molecule has 1 aromatic rings. The monoisotopic (exact) mass is 261 g/mol. The van der Waals surface area contributed by atoms with Gasteiger partial charge in [-0.15, -0.1) is 0 Å². The van der Waals surface area contributed by atoms with Gasteiger partial charge in [-0.05, 0) is 30.2 Å². The zero-order valence-corrected chi connectivity index (χ0v) is 12.2. The first-order chi connectivity index (χ1) is 9.01. The summed E-state index contributed by atoms with van der Waals surface area (Å²) in [5.41, 5.74) is 1.15. The molecule has 0 spiro atoms. The SMILES string of the molecule is COOCC(C)(C)C(CC(C)C#N)c1ccccc1. The molecule has 0 aliphatic heterocycles. The van der Waals surface area contributed by atoms with Crippen molar-refractivity contribution in [3.63, 3.8) is 0 Å². The molecule has 0 N–H and O–H groups in total. The first-order valence-electron chi connectivity index (χ1n) is 6.61.